The summed E-state index contributed by atoms with van der Waals surface area (Å²) in [7, 11) is 1.38. The average Bonchev–Trinajstić information content (AvgIpc) is 2.83. The first kappa shape index (κ1) is 21.8. The van der Waals surface area contributed by atoms with Crippen molar-refractivity contribution in [3.8, 4) is 11.1 Å². The Kier molecular flexibility index (Phi) is 6.42. The topological polar surface area (TPSA) is 64.7 Å². The van der Waals surface area contributed by atoms with Gasteiger partial charge in [-0.2, -0.15) is 0 Å². The predicted molar refractivity (Wildman–Crippen MR) is 129 cm³/mol. The lowest BCUT2D eigenvalue weighted by Gasteiger charge is -2.26. The molecule has 4 rings (SSSR count). The standard InChI is InChI=1S/C26H23FN2O2S/c1-31-26(30)25-23(32-2)14-20(16-8-10-17(27)11-9-16)19-12-13-22(28)21(24(19)25)15-29-18-6-4-3-5-7-18/h3-11,14-15H,12-13,28H2,1-2H3. The van der Waals surface area contributed by atoms with E-state index in [1.54, 1.807) is 18.3 Å². The molecule has 1 aliphatic carbocycles. The Morgan fingerprint density at radius 2 is 1.84 bits per heavy atom. The third-order valence-electron chi connectivity index (χ3n) is 5.52. The highest BCUT2D eigenvalue weighted by atomic mass is 32.2. The maximum absolute atomic E-state index is 13.6. The number of carbonyl (C=O) groups is 1. The van der Waals surface area contributed by atoms with Gasteiger partial charge >= 0.3 is 5.97 Å². The molecule has 0 heterocycles. The Morgan fingerprint density at radius 3 is 2.50 bits per heavy atom. The molecule has 1 aliphatic rings. The van der Waals surface area contributed by atoms with E-state index in [0.717, 1.165) is 38.4 Å². The molecule has 0 saturated carbocycles. The van der Waals surface area contributed by atoms with E-state index in [2.05, 4.69) is 4.99 Å². The SMILES string of the molecule is COC(=O)c1c(SC)cc(-c2ccc(F)cc2)c2c1C(C=Nc1ccccc1)=C(N)CC2. The number of carbonyl (C=O) groups excluding carboxylic acids is 1. The molecule has 6 heteroatoms. The summed E-state index contributed by atoms with van der Waals surface area (Å²) in [6, 6.07) is 17.9. The lowest BCUT2D eigenvalue weighted by molar-refractivity contribution is 0.0596. The van der Waals surface area contributed by atoms with Crippen molar-refractivity contribution in [3.63, 3.8) is 0 Å². The first-order valence-electron chi connectivity index (χ1n) is 10.2. The minimum Gasteiger partial charge on any atom is -0.465 e. The largest absolute Gasteiger partial charge is 0.465 e. The second kappa shape index (κ2) is 9.40. The van der Waals surface area contributed by atoms with Crippen LogP contribution in [0, 0.1) is 5.82 Å². The van der Waals surface area contributed by atoms with Gasteiger partial charge in [0.1, 0.15) is 5.82 Å². The summed E-state index contributed by atoms with van der Waals surface area (Å²) in [6.45, 7) is 0. The zero-order valence-corrected chi connectivity index (χ0v) is 18.7. The molecule has 0 amide bonds. The van der Waals surface area contributed by atoms with Crippen LogP contribution in [0.5, 0.6) is 0 Å². The number of hydrogen-bond acceptors (Lipinski definition) is 5. The molecule has 162 valence electrons. The number of halogens is 1. The van der Waals surface area contributed by atoms with Crippen molar-refractivity contribution >= 4 is 35.2 Å². The van der Waals surface area contributed by atoms with Gasteiger partial charge in [-0.05, 0) is 66.1 Å². The van der Waals surface area contributed by atoms with Gasteiger partial charge in [0.2, 0.25) is 0 Å². The molecule has 0 atom stereocenters. The molecule has 0 unspecified atom stereocenters. The highest BCUT2D eigenvalue weighted by molar-refractivity contribution is 7.98. The lowest BCUT2D eigenvalue weighted by Crippen LogP contribution is -2.18. The highest BCUT2D eigenvalue weighted by Crippen LogP contribution is 2.42. The molecule has 0 fully saturated rings. The number of benzene rings is 3. The first-order chi connectivity index (χ1) is 15.5. The number of methoxy groups -OCH3 is 1. The van der Waals surface area contributed by atoms with Crippen LogP contribution in [-0.4, -0.2) is 25.5 Å². The van der Waals surface area contributed by atoms with Gasteiger partial charge in [-0.25, -0.2) is 9.18 Å². The Morgan fingerprint density at radius 1 is 1.12 bits per heavy atom. The molecule has 2 N–H and O–H groups in total. The smallest absolute Gasteiger partial charge is 0.339 e. The molecule has 0 aliphatic heterocycles. The van der Waals surface area contributed by atoms with E-state index in [4.69, 9.17) is 10.5 Å². The number of nitrogens with zero attached hydrogens (tertiary/aromatic N) is 1. The van der Waals surface area contributed by atoms with Crippen LogP contribution in [0.2, 0.25) is 0 Å². The monoisotopic (exact) mass is 446 g/mol. The van der Waals surface area contributed by atoms with Crippen LogP contribution in [0.1, 0.15) is 27.9 Å². The highest BCUT2D eigenvalue weighted by Gasteiger charge is 2.29. The van der Waals surface area contributed by atoms with Gasteiger partial charge < -0.3 is 10.5 Å². The van der Waals surface area contributed by atoms with Crippen LogP contribution in [0.4, 0.5) is 10.1 Å². The van der Waals surface area contributed by atoms with Gasteiger partial charge in [0.05, 0.1) is 18.4 Å². The molecule has 3 aromatic carbocycles. The molecular formula is C26H23FN2O2S. The van der Waals surface area contributed by atoms with E-state index < -0.39 is 5.97 Å². The zero-order valence-electron chi connectivity index (χ0n) is 17.9. The third-order valence-corrected chi connectivity index (χ3v) is 6.28. The van der Waals surface area contributed by atoms with E-state index in [0.29, 0.717) is 24.1 Å². The Labute approximate surface area is 191 Å². The summed E-state index contributed by atoms with van der Waals surface area (Å²) in [5, 5.41) is 0. The third kappa shape index (κ3) is 4.18. The van der Waals surface area contributed by atoms with E-state index in [9.17, 15) is 9.18 Å². The van der Waals surface area contributed by atoms with Gasteiger partial charge in [0.15, 0.2) is 0 Å². The number of fused-ring (bicyclic) bond motifs is 1. The quantitative estimate of drug-likeness (QED) is 0.296. The van der Waals surface area contributed by atoms with Gasteiger partial charge in [0.25, 0.3) is 0 Å². The predicted octanol–water partition coefficient (Wildman–Crippen LogP) is 6.02. The Hall–Kier alpha value is -3.38. The normalized spacial score (nSPS) is 13.3. The van der Waals surface area contributed by atoms with Gasteiger partial charge in [-0.1, -0.05) is 30.3 Å². The molecule has 0 aromatic heterocycles. The van der Waals surface area contributed by atoms with E-state index >= 15 is 0 Å². The van der Waals surface area contributed by atoms with Crippen LogP contribution in [-0.2, 0) is 11.2 Å². The number of aliphatic imine (C=N–C) groups is 1. The minimum absolute atomic E-state index is 0.293. The number of esters is 1. The fraction of sp³-hybridized carbons (Fsp3) is 0.154. The lowest BCUT2D eigenvalue weighted by atomic mass is 9.81. The van der Waals surface area contributed by atoms with Gasteiger partial charge in [-0.3, -0.25) is 4.99 Å². The molecule has 32 heavy (non-hydrogen) atoms. The molecule has 0 spiro atoms. The van der Waals surface area contributed by atoms with E-state index in [1.165, 1.54) is 31.0 Å². The molecular weight excluding hydrogens is 423 g/mol. The van der Waals surface area contributed by atoms with Crippen molar-refractivity contribution in [1.82, 2.24) is 0 Å². The van der Waals surface area contributed by atoms with Crippen LogP contribution in [0.3, 0.4) is 0 Å². The number of rotatable bonds is 5. The second-order valence-corrected chi connectivity index (χ2v) is 8.23. The Balaban J connectivity index is 1.98. The van der Waals surface area contributed by atoms with Crippen LogP contribution in [0.25, 0.3) is 16.7 Å². The van der Waals surface area contributed by atoms with Crippen LogP contribution in [0.15, 0.2) is 76.2 Å². The fourth-order valence-corrected chi connectivity index (χ4v) is 4.59. The number of ether oxygens (including phenoxy) is 1. The summed E-state index contributed by atoms with van der Waals surface area (Å²) < 4.78 is 18.7. The summed E-state index contributed by atoms with van der Waals surface area (Å²) in [6.07, 6.45) is 4.94. The number of allylic oxidation sites excluding steroid dienone is 2. The Bertz CT molecular complexity index is 1220. The summed E-state index contributed by atoms with van der Waals surface area (Å²) >= 11 is 1.46. The summed E-state index contributed by atoms with van der Waals surface area (Å²) in [5.74, 6) is -0.713. The van der Waals surface area contributed by atoms with Crippen molar-refractivity contribution in [2.75, 3.05) is 13.4 Å². The zero-order chi connectivity index (χ0) is 22.7. The first-order valence-corrected chi connectivity index (χ1v) is 11.4. The summed E-state index contributed by atoms with van der Waals surface area (Å²) in [5.41, 5.74) is 12.7. The van der Waals surface area contributed by atoms with E-state index in [1.807, 2.05) is 42.7 Å². The van der Waals surface area contributed by atoms with Gasteiger partial charge in [-0.15, -0.1) is 11.8 Å². The molecule has 4 nitrogen and oxygen atoms in total. The molecule has 0 saturated heterocycles. The number of para-hydroxylation sites is 1. The van der Waals surface area contributed by atoms with Crippen LogP contribution < -0.4 is 5.73 Å². The second-order valence-electron chi connectivity index (χ2n) is 7.39. The number of hydrogen-bond donors (Lipinski definition) is 1. The molecule has 0 bridgehead atoms. The van der Waals surface area contributed by atoms with E-state index in [-0.39, 0.29) is 5.82 Å². The van der Waals surface area contributed by atoms with Crippen molar-refractivity contribution in [1.29, 1.82) is 0 Å². The van der Waals surface area contributed by atoms with Gasteiger partial charge in [0, 0.05) is 27.9 Å². The maximum atomic E-state index is 13.6. The van der Waals surface area contributed by atoms with Crippen molar-refractivity contribution in [2.24, 2.45) is 10.7 Å². The fourth-order valence-electron chi connectivity index (χ4n) is 3.96. The van der Waals surface area contributed by atoms with Crippen molar-refractivity contribution in [2.45, 2.75) is 17.7 Å². The van der Waals surface area contributed by atoms with Crippen molar-refractivity contribution < 1.29 is 13.9 Å². The maximum Gasteiger partial charge on any atom is 0.339 e. The molecule has 0 radical (unpaired) electrons. The van der Waals surface area contributed by atoms with Crippen molar-refractivity contribution in [3.05, 3.63) is 88.9 Å². The number of nitrogens with two attached hydrogens (primary N) is 1. The minimum atomic E-state index is -0.420. The molecule has 3 aromatic rings. The number of thioether (sulfide) groups is 1. The van der Waals surface area contributed by atoms with Crippen LogP contribution >= 0.6 is 11.8 Å². The summed E-state index contributed by atoms with van der Waals surface area (Å²) in [4.78, 5) is 18.3. The average molecular weight is 447 g/mol.